The van der Waals surface area contributed by atoms with Crippen LogP contribution in [0.4, 0.5) is 11.9 Å². The first-order valence-electron chi connectivity index (χ1n) is 5.99. The van der Waals surface area contributed by atoms with Gasteiger partial charge in [-0.1, -0.05) is 0 Å². The molecule has 0 bridgehead atoms. The summed E-state index contributed by atoms with van der Waals surface area (Å²) in [6.45, 7) is 1.47. The van der Waals surface area contributed by atoms with Gasteiger partial charge in [0.25, 0.3) is 5.95 Å². The molecule has 20 heavy (non-hydrogen) atoms. The number of nitrogens with zero attached hydrogens (tertiary/aromatic N) is 8. The number of nitrogens with two attached hydrogens (primary N) is 1. The van der Waals surface area contributed by atoms with E-state index in [9.17, 15) is 4.79 Å². The first kappa shape index (κ1) is 12.3. The van der Waals surface area contributed by atoms with E-state index in [0.717, 1.165) is 0 Å². The zero-order valence-corrected chi connectivity index (χ0v) is 10.8. The highest BCUT2D eigenvalue weighted by Gasteiger charge is 2.24. The molecular weight excluding hydrogens is 262 g/mol. The molecule has 10 heteroatoms. The summed E-state index contributed by atoms with van der Waals surface area (Å²) >= 11 is 0. The Labute approximate surface area is 114 Å². The summed E-state index contributed by atoms with van der Waals surface area (Å²) in [4.78, 5) is 31.3. The van der Waals surface area contributed by atoms with Crippen LogP contribution in [0, 0.1) is 0 Å². The fourth-order valence-electron chi connectivity index (χ4n) is 1.85. The average molecular weight is 275 g/mol. The third kappa shape index (κ3) is 2.22. The number of hydrogen-bond donors (Lipinski definition) is 1. The van der Waals surface area contributed by atoms with Crippen LogP contribution < -0.4 is 10.6 Å². The smallest absolute Gasteiger partial charge is 0.258 e. The number of nitrogen functional groups attached to an aromatic ring is 1. The van der Waals surface area contributed by atoms with Crippen LogP contribution in [0.5, 0.6) is 0 Å². The molecule has 0 radical (unpaired) electrons. The van der Waals surface area contributed by atoms with E-state index in [1.165, 1.54) is 17.3 Å². The van der Waals surface area contributed by atoms with Crippen LogP contribution in [0.25, 0.3) is 5.95 Å². The summed E-state index contributed by atoms with van der Waals surface area (Å²) in [5.41, 5.74) is 5.69. The molecule has 2 aromatic heterocycles. The molecule has 1 fully saturated rings. The van der Waals surface area contributed by atoms with E-state index in [1.54, 1.807) is 16.8 Å². The van der Waals surface area contributed by atoms with Crippen LogP contribution >= 0.6 is 0 Å². The van der Waals surface area contributed by atoms with Gasteiger partial charge in [0, 0.05) is 20.1 Å². The molecular formula is C10H13N9O. The van der Waals surface area contributed by atoms with Crippen LogP contribution in [0.2, 0.25) is 0 Å². The van der Waals surface area contributed by atoms with Crippen LogP contribution in [0.3, 0.4) is 0 Å². The summed E-state index contributed by atoms with van der Waals surface area (Å²) in [5, 5.41) is 3.94. The Morgan fingerprint density at radius 3 is 2.70 bits per heavy atom. The summed E-state index contributed by atoms with van der Waals surface area (Å²) in [7, 11) is 1.77. The molecule has 3 rings (SSSR count). The second-order valence-electron chi connectivity index (χ2n) is 4.37. The van der Waals surface area contributed by atoms with Crippen molar-refractivity contribution in [3.05, 3.63) is 12.7 Å². The average Bonchev–Trinajstić information content (AvgIpc) is 2.95. The third-order valence-electron chi connectivity index (χ3n) is 2.99. The molecule has 0 unspecified atom stereocenters. The maximum absolute atomic E-state index is 11.7. The molecule has 2 aromatic rings. The standard InChI is InChI=1S/C10H13N9O/c1-17-2-3-18(4-7(17)20)9-14-8(11)15-10(16-9)19-6-12-5-13-19/h5-6H,2-4H2,1H3,(H2,11,14,15,16). The zero-order valence-electron chi connectivity index (χ0n) is 10.8. The van der Waals surface area contributed by atoms with Crippen molar-refractivity contribution < 1.29 is 4.79 Å². The lowest BCUT2D eigenvalue weighted by Gasteiger charge is -2.31. The maximum Gasteiger partial charge on any atom is 0.258 e. The molecule has 0 aliphatic carbocycles. The van der Waals surface area contributed by atoms with Crippen molar-refractivity contribution in [3.8, 4) is 5.95 Å². The van der Waals surface area contributed by atoms with E-state index in [-0.39, 0.29) is 24.3 Å². The second kappa shape index (κ2) is 4.72. The molecule has 104 valence electrons. The molecule has 3 heterocycles. The predicted molar refractivity (Wildman–Crippen MR) is 69.0 cm³/mol. The Bertz CT molecular complexity index is 626. The molecule has 0 aromatic carbocycles. The number of aromatic nitrogens is 6. The van der Waals surface area contributed by atoms with Gasteiger partial charge in [0.15, 0.2) is 0 Å². The number of amides is 1. The van der Waals surface area contributed by atoms with E-state index >= 15 is 0 Å². The van der Waals surface area contributed by atoms with Crippen LogP contribution in [-0.4, -0.2) is 67.2 Å². The SMILES string of the molecule is CN1CCN(c2nc(N)nc(-n3cncn3)n2)CC1=O. The summed E-state index contributed by atoms with van der Waals surface area (Å²) < 4.78 is 1.39. The van der Waals surface area contributed by atoms with Crippen LogP contribution in [0.1, 0.15) is 0 Å². The van der Waals surface area contributed by atoms with Crippen molar-refractivity contribution in [1.82, 2.24) is 34.6 Å². The van der Waals surface area contributed by atoms with E-state index < -0.39 is 0 Å². The number of likely N-dealkylation sites (N-methyl/N-ethyl adjacent to an activating group) is 1. The van der Waals surface area contributed by atoms with Crippen molar-refractivity contribution in [1.29, 1.82) is 0 Å². The predicted octanol–water partition coefficient (Wildman–Crippen LogP) is -1.69. The molecule has 1 aliphatic heterocycles. The molecule has 1 amide bonds. The normalized spacial score (nSPS) is 15.8. The van der Waals surface area contributed by atoms with Crippen LogP contribution in [0.15, 0.2) is 12.7 Å². The van der Waals surface area contributed by atoms with Gasteiger partial charge in [-0.15, -0.1) is 0 Å². The molecule has 10 nitrogen and oxygen atoms in total. The molecule has 1 aliphatic rings. The van der Waals surface area contributed by atoms with Gasteiger partial charge in [-0.2, -0.15) is 24.7 Å². The first-order chi connectivity index (χ1) is 9.63. The third-order valence-corrected chi connectivity index (χ3v) is 2.99. The number of rotatable bonds is 2. The molecule has 0 spiro atoms. The van der Waals surface area contributed by atoms with Crippen LogP contribution in [-0.2, 0) is 4.79 Å². The maximum atomic E-state index is 11.7. The fourth-order valence-corrected chi connectivity index (χ4v) is 1.85. The molecule has 1 saturated heterocycles. The summed E-state index contributed by atoms with van der Waals surface area (Å²) in [5.74, 6) is 0.727. The van der Waals surface area contributed by atoms with E-state index in [0.29, 0.717) is 19.0 Å². The topological polar surface area (TPSA) is 119 Å². The van der Waals surface area contributed by atoms with Crippen molar-refractivity contribution in [2.75, 3.05) is 37.3 Å². The number of carbonyl (C=O) groups excluding carboxylic acids is 1. The highest BCUT2D eigenvalue weighted by Crippen LogP contribution is 2.13. The highest BCUT2D eigenvalue weighted by molar-refractivity contribution is 5.81. The van der Waals surface area contributed by atoms with Gasteiger partial charge in [0.1, 0.15) is 12.7 Å². The Balaban J connectivity index is 1.92. The fraction of sp³-hybridized carbons (Fsp3) is 0.400. The van der Waals surface area contributed by atoms with Crippen molar-refractivity contribution >= 4 is 17.8 Å². The summed E-state index contributed by atoms with van der Waals surface area (Å²) in [6, 6.07) is 0. The largest absolute Gasteiger partial charge is 0.368 e. The van der Waals surface area contributed by atoms with E-state index in [1.807, 2.05) is 0 Å². The molecule has 0 atom stereocenters. The van der Waals surface area contributed by atoms with Gasteiger partial charge < -0.3 is 15.5 Å². The van der Waals surface area contributed by atoms with Gasteiger partial charge in [-0.3, -0.25) is 4.79 Å². The van der Waals surface area contributed by atoms with Gasteiger partial charge in [0.2, 0.25) is 17.8 Å². The Kier molecular flexibility index (Phi) is 2.89. The lowest BCUT2D eigenvalue weighted by atomic mass is 10.3. The highest BCUT2D eigenvalue weighted by atomic mass is 16.2. The number of carbonyl (C=O) groups is 1. The first-order valence-corrected chi connectivity index (χ1v) is 5.99. The van der Waals surface area contributed by atoms with E-state index in [2.05, 4.69) is 25.0 Å². The molecule has 2 N–H and O–H groups in total. The van der Waals surface area contributed by atoms with E-state index in [4.69, 9.17) is 5.73 Å². The van der Waals surface area contributed by atoms with Crippen molar-refractivity contribution in [2.45, 2.75) is 0 Å². The minimum absolute atomic E-state index is 0.0116. The number of hydrogen-bond acceptors (Lipinski definition) is 8. The van der Waals surface area contributed by atoms with Crippen molar-refractivity contribution in [2.24, 2.45) is 0 Å². The second-order valence-corrected chi connectivity index (χ2v) is 4.37. The summed E-state index contributed by atoms with van der Waals surface area (Å²) in [6.07, 6.45) is 2.84. The Hall–Kier alpha value is -2.78. The minimum Gasteiger partial charge on any atom is -0.368 e. The van der Waals surface area contributed by atoms with Gasteiger partial charge in [0.05, 0.1) is 6.54 Å². The minimum atomic E-state index is 0.0116. The monoisotopic (exact) mass is 275 g/mol. The lowest BCUT2D eigenvalue weighted by molar-refractivity contribution is -0.129. The number of anilines is 2. The quantitative estimate of drug-likeness (QED) is 0.689. The molecule has 0 saturated carbocycles. The van der Waals surface area contributed by atoms with Gasteiger partial charge in [-0.05, 0) is 0 Å². The number of piperazine rings is 1. The van der Waals surface area contributed by atoms with Crippen molar-refractivity contribution in [3.63, 3.8) is 0 Å². The lowest BCUT2D eigenvalue weighted by Crippen LogP contribution is -2.49. The van der Waals surface area contributed by atoms with Gasteiger partial charge in [-0.25, -0.2) is 4.98 Å². The van der Waals surface area contributed by atoms with Gasteiger partial charge >= 0.3 is 0 Å². The zero-order chi connectivity index (χ0) is 14.1. The Morgan fingerprint density at radius 1 is 1.20 bits per heavy atom. The Morgan fingerprint density at radius 2 is 2.00 bits per heavy atom.